The Morgan fingerprint density at radius 2 is 1.83 bits per heavy atom. The fourth-order valence-corrected chi connectivity index (χ4v) is 4.53. The van der Waals surface area contributed by atoms with Crippen molar-refractivity contribution in [2.45, 2.75) is 25.7 Å². The Bertz CT molecular complexity index is 980. The number of rotatable bonds is 8. The number of thioether (sulfide) groups is 1. The SMILES string of the molecule is O=C(CCCCCN1C(=O)C(=Cc2ccccc2)SC1=S)Nc1ccc(Cl)c(Cl)c1. The first-order valence-corrected chi connectivity index (χ1v) is 11.5. The Hall–Kier alpha value is -1.86. The quantitative estimate of drug-likeness (QED) is 0.271. The smallest absolute Gasteiger partial charge is 0.266 e. The standard InChI is InChI=1S/C22H20Cl2N2O2S2/c23-17-11-10-16(14-18(17)24)25-20(27)9-5-2-6-12-26-21(28)19(30-22(26)29)13-15-7-3-1-4-8-15/h1,3-4,7-8,10-11,13-14H,2,5-6,9,12H2,(H,25,27). The van der Waals surface area contributed by atoms with Gasteiger partial charge in [0.15, 0.2) is 0 Å². The molecule has 1 aliphatic heterocycles. The van der Waals surface area contributed by atoms with Gasteiger partial charge in [-0.05, 0) is 42.7 Å². The molecule has 0 unspecified atom stereocenters. The molecule has 1 N–H and O–H groups in total. The van der Waals surface area contributed by atoms with Crippen LogP contribution in [0.5, 0.6) is 0 Å². The lowest BCUT2D eigenvalue weighted by Gasteiger charge is -2.14. The molecule has 0 saturated carbocycles. The number of amides is 2. The van der Waals surface area contributed by atoms with E-state index in [-0.39, 0.29) is 11.8 Å². The van der Waals surface area contributed by atoms with Crippen molar-refractivity contribution in [3.05, 3.63) is 69.0 Å². The molecule has 4 nitrogen and oxygen atoms in total. The largest absolute Gasteiger partial charge is 0.326 e. The minimum Gasteiger partial charge on any atom is -0.326 e. The third-order valence-electron chi connectivity index (χ3n) is 4.46. The molecular formula is C22H20Cl2N2O2S2. The Kier molecular flexibility index (Phi) is 8.33. The van der Waals surface area contributed by atoms with Crippen LogP contribution in [0, 0.1) is 0 Å². The van der Waals surface area contributed by atoms with Crippen molar-refractivity contribution < 1.29 is 9.59 Å². The Labute approximate surface area is 195 Å². The van der Waals surface area contributed by atoms with E-state index in [0.29, 0.717) is 37.9 Å². The molecule has 0 aliphatic carbocycles. The topological polar surface area (TPSA) is 49.4 Å². The summed E-state index contributed by atoms with van der Waals surface area (Å²) < 4.78 is 0.583. The molecule has 1 heterocycles. The van der Waals surface area contributed by atoms with Crippen LogP contribution in [0.3, 0.4) is 0 Å². The second-order valence-electron chi connectivity index (χ2n) is 6.73. The first-order valence-electron chi connectivity index (χ1n) is 9.49. The second kappa shape index (κ2) is 11.0. The van der Waals surface area contributed by atoms with Crippen LogP contribution in [-0.4, -0.2) is 27.6 Å². The number of hydrogen-bond donors (Lipinski definition) is 1. The van der Waals surface area contributed by atoms with E-state index in [0.717, 1.165) is 24.8 Å². The van der Waals surface area contributed by atoms with Gasteiger partial charge in [-0.1, -0.05) is 83.9 Å². The van der Waals surface area contributed by atoms with Crippen LogP contribution in [-0.2, 0) is 9.59 Å². The van der Waals surface area contributed by atoms with Crippen LogP contribution < -0.4 is 5.32 Å². The summed E-state index contributed by atoms with van der Waals surface area (Å²) in [5.74, 6) is -0.129. The van der Waals surface area contributed by atoms with Gasteiger partial charge in [-0.3, -0.25) is 14.5 Å². The van der Waals surface area contributed by atoms with E-state index in [4.69, 9.17) is 35.4 Å². The molecule has 156 valence electrons. The van der Waals surface area contributed by atoms with Crippen LogP contribution in [0.15, 0.2) is 53.4 Å². The molecule has 0 radical (unpaired) electrons. The van der Waals surface area contributed by atoms with Crippen LogP contribution in [0.4, 0.5) is 5.69 Å². The lowest BCUT2D eigenvalue weighted by Crippen LogP contribution is -2.29. The molecule has 0 bridgehead atoms. The van der Waals surface area contributed by atoms with Crippen LogP contribution in [0.2, 0.25) is 10.0 Å². The van der Waals surface area contributed by atoms with Crippen molar-refractivity contribution in [3.8, 4) is 0 Å². The van der Waals surface area contributed by atoms with Gasteiger partial charge < -0.3 is 5.32 Å². The van der Waals surface area contributed by atoms with E-state index in [2.05, 4.69) is 5.32 Å². The number of anilines is 1. The lowest BCUT2D eigenvalue weighted by atomic mass is 10.1. The van der Waals surface area contributed by atoms with Crippen molar-refractivity contribution >= 4 is 75.1 Å². The molecule has 2 amide bonds. The number of carbonyl (C=O) groups excluding carboxylic acids is 2. The Morgan fingerprint density at radius 1 is 1.07 bits per heavy atom. The van der Waals surface area contributed by atoms with Crippen molar-refractivity contribution in [3.63, 3.8) is 0 Å². The molecule has 1 fully saturated rings. The maximum Gasteiger partial charge on any atom is 0.266 e. The summed E-state index contributed by atoms with van der Waals surface area (Å²) in [5, 5.41) is 3.66. The summed E-state index contributed by atoms with van der Waals surface area (Å²) in [6, 6.07) is 14.7. The number of nitrogens with zero attached hydrogens (tertiary/aromatic N) is 1. The van der Waals surface area contributed by atoms with Crippen LogP contribution in [0.1, 0.15) is 31.2 Å². The fraction of sp³-hybridized carbons (Fsp3) is 0.227. The predicted molar refractivity (Wildman–Crippen MR) is 130 cm³/mol. The van der Waals surface area contributed by atoms with Gasteiger partial charge in [0.05, 0.1) is 15.0 Å². The van der Waals surface area contributed by atoms with Crippen LogP contribution in [0.25, 0.3) is 6.08 Å². The van der Waals surface area contributed by atoms with Gasteiger partial charge >= 0.3 is 0 Å². The molecule has 2 aromatic rings. The summed E-state index contributed by atoms with van der Waals surface area (Å²) >= 11 is 18.5. The Morgan fingerprint density at radius 3 is 2.57 bits per heavy atom. The number of nitrogens with one attached hydrogen (secondary N) is 1. The number of halogens is 2. The fourth-order valence-electron chi connectivity index (χ4n) is 2.92. The van der Waals surface area contributed by atoms with E-state index in [1.807, 2.05) is 36.4 Å². The van der Waals surface area contributed by atoms with Gasteiger partial charge in [0.1, 0.15) is 4.32 Å². The highest BCUT2D eigenvalue weighted by molar-refractivity contribution is 8.26. The van der Waals surface area contributed by atoms with Crippen molar-refractivity contribution in [1.29, 1.82) is 0 Å². The normalized spacial score (nSPS) is 15.1. The highest BCUT2D eigenvalue weighted by atomic mass is 35.5. The molecule has 3 rings (SSSR count). The maximum absolute atomic E-state index is 12.6. The zero-order chi connectivity index (χ0) is 21.5. The summed E-state index contributed by atoms with van der Waals surface area (Å²) in [4.78, 5) is 27.0. The summed E-state index contributed by atoms with van der Waals surface area (Å²) in [6.07, 6.45) is 4.59. The third-order valence-corrected chi connectivity index (χ3v) is 6.58. The molecule has 0 aromatic heterocycles. The summed E-state index contributed by atoms with van der Waals surface area (Å²) in [5.41, 5.74) is 1.60. The molecular weight excluding hydrogens is 459 g/mol. The molecule has 2 aromatic carbocycles. The first-order chi connectivity index (χ1) is 14.4. The van der Waals surface area contributed by atoms with Gasteiger partial charge in [0.25, 0.3) is 5.91 Å². The highest BCUT2D eigenvalue weighted by Gasteiger charge is 2.31. The molecule has 0 spiro atoms. The zero-order valence-corrected chi connectivity index (χ0v) is 19.2. The maximum atomic E-state index is 12.6. The lowest BCUT2D eigenvalue weighted by molar-refractivity contribution is -0.122. The number of hydrogen-bond acceptors (Lipinski definition) is 4. The first kappa shape index (κ1) is 22.8. The summed E-state index contributed by atoms with van der Waals surface area (Å²) in [6.45, 7) is 0.561. The number of thiocarbonyl (C=S) groups is 1. The van der Waals surface area contributed by atoms with Crippen molar-refractivity contribution in [2.24, 2.45) is 0 Å². The molecule has 30 heavy (non-hydrogen) atoms. The summed E-state index contributed by atoms with van der Waals surface area (Å²) in [7, 11) is 0. The Balaban J connectivity index is 1.40. The molecule has 0 atom stereocenters. The van der Waals surface area contributed by atoms with Crippen molar-refractivity contribution in [2.75, 3.05) is 11.9 Å². The van der Waals surface area contributed by atoms with Gasteiger partial charge in [-0.25, -0.2) is 0 Å². The molecule has 8 heteroatoms. The van der Waals surface area contributed by atoms with E-state index in [1.165, 1.54) is 11.8 Å². The molecule has 1 aliphatic rings. The van der Waals surface area contributed by atoms with E-state index in [1.54, 1.807) is 23.1 Å². The predicted octanol–water partition coefficient (Wildman–Crippen LogP) is 6.39. The zero-order valence-electron chi connectivity index (χ0n) is 16.1. The second-order valence-corrected chi connectivity index (χ2v) is 9.22. The average Bonchev–Trinajstić information content (AvgIpc) is 2.98. The minimum atomic E-state index is -0.0789. The van der Waals surface area contributed by atoms with Crippen LogP contribution >= 0.6 is 47.2 Å². The van der Waals surface area contributed by atoms with E-state index in [9.17, 15) is 9.59 Å². The number of unbranched alkanes of at least 4 members (excludes halogenated alkanes) is 2. The van der Waals surface area contributed by atoms with Crippen molar-refractivity contribution in [1.82, 2.24) is 4.90 Å². The van der Waals surface area contributed by atoms with Gasteiger partial charge in [-0.2, -0.15) is 0 Å². The van der Waals surface area contributed by atoms with Gasteiger partial charge in [0.2, 0.25) is 5.91 Å². The van der Waals surface area contributed by atoms with E-state index < -0.39 is 0 Å². The van der Waals surface area contributed by atoms with Gasteiger partial charge in [-0.15, -0.1) is 0 Å². The monoisotopic (exact) mass is 478 g/mol. The van der Waals surface area contributed by atoms with Gasteiger partial charge in [0, 0.05) is 18.7 Å². The third kappa shape index (κ3) is 6.32. The average molecular weight is 479 g/mol. The number of carbonyl (C=O) groups is 2. The minimum absolute atomic E-state index is 0.0498. The molecule has 1 saturated heterocycles. The van der Waals surface area contributed by atoms with E-state index >= 15 is 0 Å². The number of benzene rings is 2. The highest BCUT2D eigenvalue weighted by Crippen LogP contribution is 2.32.